The first kappa shape index (κ1) is 23.6. The topological polar surface area (TPSA) is 127 Å². The van der Waals surface area contributed by atoms with Crippen molar-refractivity contribution in [3.05, 3.63) is 77.4 Å². The Morgan fingerprint density at radius 3 is 2.48 bits per heavy atom. The number of aliphatic hydroxyl groups is 1. The number of primary sulfonamides is 1. The smallest absolute Gasteiger partial charge is 0.238 e. The van der Waals surface area contributed by atoms with Crippen molar-refractivity contribution in [3.8, 4) is 0 Å². The summed E-state index contributed by atoms with van der Waals surface area (Å²) in [5, 5.41) is 13.9. The van der Waals surface area contributed by atoms with Crippen LogP contribution in [-0.2, 0) is 26.6 Å². The van der Waals surface area contributed by atoms with E-state index in [9.17, 15) is 21.9 Å². The van der Waals surface area contributed by atoms with Gasteiger partial charge in [-0.3, -0.25) is 0 Å². The van der Waals surface area contributed by atoms with Crippen molar-refractivity contribution in [2.75, 3.05) is 6.61 Å². The molecule has 7 nitrogen and oxygen atoms in total. The molecule has 1 aromatic rings. The maximum atomic E-state index is 13.1. The van der Waals surface area contributed by atoms with E-state index < -0.39 is 25.3 Å². The monoisotopic (exact) mass is 464 g/mol. The number of benzene rings is 1. The molecule has 0 spiro atoms. The van der Waals surface area contributed by atoms with Crippen molar-refractivity contribution < 1.29 is 21.9 Å². The average molecular weight is 465 g/mol. The Kier molecular flexibility index (Phi) is 6.73. The fraction of sp³-hybridized carbons (Fsp3) is 0.364. The second-order valence-electron chi connectivity index (χ2n) is 8.33. The van der Waals surface area contributed by atoms with E-state index in [2.05, 4.69) is 4.72 Å². The molecule has 0 heterocycles. The van der Waals surface area contributed by atoms with Crippen LogP contribution in [0, 0.1) is 11.3 Å². The van der Waals surface area contributed by atoms with Crippen LogP contribution in [0.5, 0.6) is 0 Å². The molecule has 3 rings (SSSR count). The molecule has 0 aromatic heterocycles. The lowest BCUT2D eigenvalue weighted by Gasteiger charge is -2.28. The minimum atomic E-state index is -3.96. The standard InChI is InChI=1S/C22H28N2O5S2/c1-16-7-8-18(17-9-11-22(2,15-25)12-10-17)13-21(16)31(28,29)24-14-19-5-3-4-6-20(19)30(23,26)27/h3-11,13,16,21,24-25H,12,14-15H2,1-2H3,(H2,23,26,27). The van der Waals surface area contributed by atoms with E-state index in [1.165, 1.54) is 18.2 Å². The van der Waals surface area contributed by atoms with E-state index in [1.807, 2.05) is 44.2 Å². The van der Waals surface area contributed by atoms with Gasteiger partial charge in [0.1, 0.15) is 5.25 Å². The van der Waals surface area contributed by atoms with Crippen LogP contribution in [0.4, 0.5) is 0 Å². The third kappa shape index (κ3) is 5.42. The lowest BCUT2D eigenvalue weighted by atomic mass is 9.80. The molecular weight excluding hydrogens is 436 g/mol. The van der Waals surface area contributed by atoms with Gasteiger partial charge in [0.05, 0.1) is 11.5 Å². The van der Waals surface area contributed by atoms with E-state index in [4.69, 9.17) is 5.14 Å². The van der Waals surface area contributed by atoms with Crippen molar-refractivity contribution in [3.63, 3.8) is 0 Å². The summed E-state index contributed by atoms with van der Waals surface area (Å²) >= 11 is 0. The first-order valence-corrected chi connectivity index (χ1v) is 13.0. The van der Waals surface area contributed by atoms with Crippen LogP contribution in [0.2, 0.25) is 0 Å². The van der Waals surface area contributed by atoms with Crippen molar-refractivity contribution >= 4 is 20.0 Å². The van der Waals surface area contributed by atoms with E-state index in [1.54, 1.807) is 12.1 Å². The zero-order valence-corrected chi connectivity index (χ0v) is 19.2. The predicted molar refractivity (Wildman–Crippen MR) is 121 cm³/mol. The van der Waals surface area contributed by atoms with Crippen LogP contribution in [0.15, 0.2) is 76.8 Å². The van der Waals surface area contributed by atoms with Gasteiger partial charge < -0.3 is 5.11 Å². The predicted octanol–water partition coefficient (Wildman–Crippen LogP) is 2.14. The summed E-state index contributed by atoms with van der Waals surface area (Å²) < 4.78 is 52.2. The first-order chi connectivity index (χ1) is 14.5. The Balaban J connectivity index is 1.81. The van der Waals surface area contributed by atoms with Crippen LogP contribution in [0.3, 0.4) is 0 Å². The molecule has 0 bridgehead atoms. The van der Waals surface area contributed by atoms with Gasteiger partial charge in [-0.25, -0.2) is 26.7 Å². The first-order valence-electron chi connectivity index (χ1n) is 9.95. The summed E-state index contributed by atoms with van der Waals surface area (Å²) in [5.74, 6) is -0.259. The van der Waals surface area contributed by atoms with Crippen molar-refractivity contribution in [1.29, 1.82) is 0 Å². The number of hydrogen-bond donors (Lipinski definition) is 3. The summed E-state index contributed by atoms with van der Waals surface area (Å²) in [5.41, 5.74) is 1.70. The number of rotatable bonds is 7. The second-order valence-corrected chi connectivity index (χ2v) is 11.8. The van der Waals surface area contributed by atoms with Gasteiger partial charge in [0.15, 0.2) is 0 Å². The van der Waals surface area contributed by atoms with Crippen molar-refractivity contribution in [2.24, 2.45) is 16.5 Å². The fourth-order valence-electron chi connectivity index (χ4n) is 3.62. The van der Waals surface area contributed by atoms with Crippen LogP contribution >= 0.6 is 0 Å². The molecule has 0 fully saturated rings. The molecule has 3 unspecified atom stereocenters. The lowest BCUT2D eigenvalue weighted by molar-refractivity contribution is 0.185. The molecule has 168 valence electrons. The number of nitrogens with two attached hydrogens (primary N) is 1. The summed E-state index contributed by atoms with van der Waals surface area (Å²) in [6.07, 6.45) is 12.0. The maximum absolute atomic E-state index is 13.1. The van der Waals surface area contributed by atoms with Gasteiger partial charge in [0.2, 0.25) is 20.0 Å². The minimum absolute atomic E-state index is 0.0418. The zero-order valence-electron chi connectivity index (χ0n) is 17.5. The van der Waals surface area contributed by atoms with Crippen molar-refractivity contribution in [1.82, 2.24) is 4.72 Å². The Morgan fingerprint density at radius 1 is 1.16 bits per heavy atom. The second kappa shape index (κ2) is 8.84. The molecule has 3 atom stereocenters. The Labute approximate surface area is 184 Å². The zero-order chi connectivity index (χ0) is 22.9. The summed E-state index contributed by atoms with van der Waals surface area (Å²) in [4.78, 5) is -0.102. The highest BCUT2D eigenvalue weighted by molar-refractivity contribution is 7.90. The van der Waals surface area contributed by atoms with Crippen molar-refractivity contribution in [2.45, 2.75) is 37.0 Å². The van der Waals surface area contributed by atoms with Gasteiger partial charge in [0.25, 0.3) is 0 Å². The molecule has 0 radical (unpaired) electrons. The molecular formula is C22H28N2O5S2. The van der Waals surface area contributed by atoms with E-state index in [0.717, 1.165) is 11.1 Å². The summed E-state index contributed by atoms with van der Waals surface area (Å²) in [7, 11) is -7.76. The normalized spacial score (nSPS) is 26.5. The van der Waals surface area contributed by atoms with Crippen LogP contribution < -0.4 is 9.86 Å². The molecule has 0 saturated heterocycles. The fourth-order valence-corrected chi connectivity index (χ4v) is 5.92. The maximum Gasteiger partial charge on any atom is 0.238 e. The van der Waals surface area contributed by atoms with Gasteiger partial charge in [-0.2, -0.15) is 0 Å². The average Bonchev–Trinajstić information content (AvgIpc) is 2.73. The number of sulfonamides is 2. The van der Waals surface area contributed by atoms with E-state index >= 15 is 0 Å². The molecule has 2 aliphatic carbocycles. The quantitative estimate of drug-likeness (QED) is 0.570. The van der Waals surface area contributed by atoms with Gasteiger partial charge in [-0.15, -0.1) is 0 Å². The number of nitrogens with one attached hydrogen (secondary N) is 1. The highest BCUT2D eigenvalue weighted by Crippen LogP contribution is 2.34. The molecule has 31 heavy (non-hydrogen) atoms. The molecule has 0 saturated carbocycles. The number of hydrogen-bond acceptors (Lipinski definition) is 5. The third-order valence-electron chi connectivity index (χ3n) is 5.69. The summed E-state index contributed by atoms with van der Waals surface area (Å²) in [6, 6.07) is 6.05. The van der Waals surface area contributed by atoms with Gasteiger partial charge in [-0.05, 0) is 35.1 Å². The molecule has 9 heteroatoms. The SMILES string of the molecule is CC1C=CC(C2=CCC(C)(CO)C=C2)=CC1S(=O)(=O)NCc1ccccc1S(N)(=O)=O. The molecule has 4 N–H and O–H groups in total. The number of aliphatic hydroxyl groups excluding tert-OH is 1. The highest BCUT2D eigenvalue weighted by atomic mass is 32.2. The van der Waals surface area contributed by atoms with E-state index in [0.29, 0.717) is 6.42 Å². The highest BCUT2D eigenvalue weighted by Gasteiger charge is 2.31. The largest absolute Gasteiger partial charge is 0.395 e. The van der Waals surface area contributed by atoms with Crippen LogP contribution in [0.1, 0.15) is 25.8 Å². The summed E-state index contributed by atoms with van der Waals surface area (Å²) in [6.45, 7) is 3.64. The molecule has 2 aliphatic rings. The lowest BCUT2D eigenvalue weighted by Crippen LogP contribution is -2.37. The van der Waals surface area contributed by atoms with Crippen LogP contribution in [0.25, 0.3) is 0 Å². The Morgan fingerprint density at radius 2 is 1.87 bits per heavy atom. The molecule has 1 aromatic carbocycles. The Hall–Kier alpha value is -2.04. The Bertz CT molecular complexity index is 1180. The van der Waals surface area contributed by atoms with E-state index in [-0.39, 0.29) is 34.9 Å². The molecule has 0 amide bonds. The minimum Gasteiger partial charge on any atom is -0.395 e. The van der Waals surface area contributed by atoms with Crippen LogP contribution in [-0.4, -0.2) is 33.8 Å². The van der Waals surface area contributed by atoms with Gasteiger partial charge in [-0.1, -0.05) is 68.5 Å². The van der Waals surface area contributed by atoms with Gasteiger partial charge >= 0.3 is 0 Å². The number of allylic oxidation sites excluding steroid dienone is 6. The van der Waals surface area contributed by atoms with Gasteiger partial charge in [0, 0.05) is 12.0 Å². The molecule has 0 aliphatic heterocycles. The third-order valence-corrected chi connectivity index (χ3v) is 8.53.